The molecular formula is C27H38N2O3. The molecular weight excluding hydrogens is 400 g/mol. The summed E-state index contributed by atoms with van der Waals surface area (Å²) in [4.78, 5) is 15.4. The number of epoxide rings is 1. The van der Waals surface area contributed by atoms with E-state index in [1.165, 1.54) is 24.8 Å². The van der Waals surface area contributed by atoms with Gasteiger partial charge in [-0.2, -0.15) is 0 Å². The first kappa shape index (κ1) is 21.1. The predicted octanol–water partition coefficient (Wildman–Crippen LogP) is 3.77. The van der Waals surface area contributed by atoms with Gasteiger partial charge in [0.2, 0.25) is 0 Å². The highest BCUT2D eigenvalue weighted by Crippen LogP contribution is 2.70. The summed E-state index contributed by atoms with van der Waals surface area (Å²) in [5.74, 6) is 0.784. The average Bonchev–Trinajstić information content (AvgIpc) is 3.47. The third-order valence-electron chi connectivity index (χ3n) is 9.66. The minimum Gasteiger partial charge on any atom is -0.462 e. The highest BCUT2D eigenvalue weighted by Gasteiger charge is 2.78. The first-order valence-electron chi connectivity index (χ1n) is 12.9. The molecule has 174 valence electrons. The Labute approximate surface area is 192 Å². The van der Waals surface area contributed by atoms with Crippen LogP contribution in [0.15, 0.2) is 30.3 Å². The van der Waals surface area contributed by atoms with E-state index in [1.54, 1.807) is 0 Å². The normalized spacial score (nSPS) is 43.8. The van der Waals surface area contributed by atoms with Crippen molar-refractivity contribution in [1.29, 1.82) is 0 Å². The van der Waals surface area contributed by atoms with Gasteiger partial charge in [-0.3, -0.25) is 9.69 Å². The van der Waals surface area contributed by atoms with E-state index < -0.39 is 0 Å². The lowest BCUT2D eigenvalue weighted by Gasteiger charge is -2.48. The van der Waals surface area contributed by atoms with Gasteiger partial charge in [0.25, 0.3) is 0 Å². The van der Waals surface area contributed by atoms with E-state index in [4.69, 9.17) is 9.47 Å². The molecule has 6 rings (SSSR count). The molecule has 3 heterocycles. The van der Waals surface area contributed by atoms with Crippen LogP contribution in [-0.2, 0) is 20.8 Å². The first-order chi connectivity index (χ1) is 15.5. The summed E-state index contributed by atoms with van der Waals surface area (Å²) in [6, 6.07) is 11.2. The van der Waals surface area contributed by atoms with Crippen LogP contribution >= 0.6 is 0 Å². The molecule has 2 aliphatic carbocycles. The van der Waals surface area contributed by atoms with Crippen LogP contribution in [0.5, 0.6) is 0 Å². The largest absolute Gasteiger partial charge is 0.462 e. The summed E-state index contributed by atoms with van der Waals surface area (Å²) in [5.41, 5.74) is 1.56. The maximum atomic E-state index is 12.9. The Morgan fingerprint density at radius 1 is 1.16 bits per heavy atom. The van der Waals surface area contributed by atoms with Crippen LogP contribution in [0, 0.1) is 23.2 Å². The maximum absolute atomic E-state index is 12.9. The molecule has 5 aliphatic rings. The molecule has 5 fully saturated rings. The number of carbonyl (C=O) groups is 1. The van der Waals surface area contributed by atoms with Crippen LogP contribution in [0.2, 0.25) is 0 Å². The van der Waals surface area contributed by atoms with Crippen LogP contribution in [0.3, 0.4) is 0 Å². The zero-order valence-electron chi connectivity index (χ0n) is 19.6. The second-order valence-corrected chi connectivity index (χ2v) is 11.5. The summed E-state index contributed by atoms with van der Waals surface area (Å²) < 4.78 is 12.6. The molecule has 1 aromatic carbocycles. The van der Waals surface area contributed by atoms with Gasteiger partial charge in [0.05, 0.1) is 12.0 Å². The van der Waals surface area contributed by atoms with E-state index in [2.05, 4.69) is 54.4 Å². The van der Waals surface area contributed by atoms with Crippen LogP contribution in [0.25, 0.3) is 0 Å². The number of carbonyl (C=O) groups excluding carboxylic acids is 1. The van der Waals surface area contributed by atoms with Crippen LogP contribution in [-0.4, -0.2) is 54.4 Å². The van der Waals surface area contributed by atoms with Crippen molar-refractivity contribution in [3.05, 3.63) is 35.9 Å². The molecule has 5 nitrogen and oxygen atoms in total. The van der Waals surface area contributed by atoms with Crippen molar-refractivity contribution in [3.63, 3.8) is 0 Å². The number of fused-ring (bicyclic) bond motifs is 2. The lowest BCUT2D eigenvalue weighted by Crippen LogP contribution is -2.55. The number of hydrogen-bond donors (Lipinski definition) is 1. The van der Waals surface area contributed by atoms with Gasteiger partial charge in [-0.05, 0) is 56.7 Å². The van der Waals surface area contributed by atoms with Crippen LogP contribution in [0.4, 0.5) is 0 Å². The number of hydrogen-bond acceptors (Lipinski definition) is 5. The Kier molecular flexibility index (Phi) is 5.16. The molecule has 2 saturated carbocycles. The fourth-order valence-electron chi connectivity index (χ4n) is 7.90. The number of nitrogens with one attached hydrogen (secondary N) is 1. The van der Waals surface area contributed by atoms with Crippen molar-refractivity contribution in [3.8, 4) is 0 Å². The van der Waals surface area contributed by atoms with E-state index in [9.17, 15) is 4.79 Å². The lowest BCUT2D eigenvalue weighted by molar-refractivity contribution is -0.146. The van der Waals surface area contributed by atoms with Gasteiger partial charge in [-0.1, -0.05) is 50.6 Å². The summed E-state index contributed by atoms with van der Waals surface area (Å²) in [6.45, 7) is 8.75. The second kappa shape index (κ2) is 7.82. The summed E-state index contributed by atoms with van der Waals surface area (Å²) in [7, 11) is 0. The van der Waals surface area contributed by atoms with Crippen molar-refractivity contribution in [2.24, 2.45) is 23.2 Å². The Balaban J connectivity index is 1.06. The maximum Gasteiger partial charge on any atom is 0.311 e. The number of rotatable bonds is 5. The highest BCUT2D eigenvalue weighted by molar-refractivity contribution is 5.76. The number of likely N-dealkylation sites (tertiary alicyclic amines) is 1. The first-order valence-corrected chi connectivity index (χ1v) is 12.9. The van der Waals surface area contributed by atoms with Crippen molar-refractivity contribution < 1.29 is 14.3 Å². The van der Waals surface area contributed by atoms with Gasteiger partial charge < -0.3 is 14.8 Å². The van der Waals surface area contributed by atoms with E-state index in [-0.39, 0.29) is 41.0 Å². The molecule has 1 aromatic rings. The molecule has 0 bridgehead atoms. The SMILES string of the molecule is C[C@H]1CCC[C@]2(C)C[C@H]3OC(=O)[C@H](CNC4CCN(Cc5ccccc5)CC4)[C@H]3[C@H]3O[C@]312. The topological polar surface area (TPSA) is 54.1 Å². The number of ether oxygens (including phenoxy) is 2. The molecule has 0 radical (unpaired) electrons. The molecule has 5 heteroatoms. The minimum absolute atomic E-state index is 0.00141. The highest BCUT2D eigenvalue weighted by atomic mass is 16.6. The predicted molar refractivity (Wildman–Crippen MR) is 123 cm³/mol. The molecule has 0 aromatic heterocycles. The zero-order valence-corrected chi connectivity index (χ0v) is 19.6. The second-order valence-electron chi connectivity index (χ2n) is 11.5. The minimum atomic E-state index is -0.0506. The summed E-state index contributed by atoms with van der Waals surface area (Å²) in [6.07, 6.45) is 7.27. The van der Waals surface area contributed by atoms with Gasteiger partial charge in [0.1, 0.15) is 11.7 Å². The van der Waals surface area contributed by atoms with Gasteiger partial charge in [-0.25, -0.2) is 0 Å². The Bertz CT molecular complexity index is 854. The van der Waals surface area contributed by atoms with Gasteiger partial charge >= 0.3 is 5.97 Å². The Morgan fingerprint density at radius 3 is 2.72 bits per heavy atom. The summed E-state index contributed by atoms with van der Waals surface area (Å²) >= 11 is 0. The molecule has 1 spiro atoms. The average molecular weight is 439 g/mol. The fraction of sp³-hybridized carbons (Fsp3) is 0.741. The number of piperidine rings is 1. The quantitative estimate of drug-likeness (QED) is 0.560. The van der Waals surface area contributed by atoms with Crippen molar-refractivity contribution in [1.82, 2.24) is 10.2 Å². The van der Waals surface area contributed by atoms with Crippen molar-refractivity contribution in [2.75, 3.05) is 19.6 Å². The Hall–Kier alpha value is -1.43. The third kappa shape index (κ3) is 3.26. The van der Waals surface area contributed by atoms with Crippen LogP contribution in [0.1, 0.15) is 57.9 Å². The molecule has 0 amide bonds. The van der Waals surface area contributed by atoms with Gasteiger partial charge in [-0.15, -0.1) is 0 Å². The molecule has 1 N–H and O–H groups in total. The number of esters is 1. The summed E-state index contributed by atoms with van der Waals surface area (Å²) in [5, 5.41) is 3.76. The monoisotopic (exact) mass is 438 g/mol. The van der Waals surface area contributed by atoms with E-state index in [1.807, 2.05) is 0 Å². The van der Waals surface area contributed by atoms with Gasteiger partial charge in [0, 0.05) is 30.5 Å². The van der Waals surface area contributed by atoms with Crippen molar-refractivity contribution in [2.45, 2.75) is 82.8 Å². The van der Waals surface area contributed by atoms with E-state index in [0.29, 0.717) is 12.0 Å². The molecule has 3 aliphatic heterocycles. The molecule has 3 saturated heterocycles. The zero-order chi connectivity index (χ0) is 21.9. The molecule has 7 atom stereocenters. The number of nitrogens with zero attached hydrogens (tertiary/aromatic N) is 1. The van der Waals surface area contributed by atoms with Crippen molar-refractivity contribution >= 4 is 5.97 Å². The molecule has 32 heavy (non-hydrogen) atoms. The van der Waals surface area contributed by atoms with Gasteiger partial charge in [0.15, 0.2) is 0 Å². The van der Waals surface area contributed by atoms with E-state index in [0.717, 1.165) is 45.4 Å². The third-order valence-corrected chi connectivity index (χ3v) is 9.66. The lowest BCUT2D eigenvalue weighted by atomic mass is 9.53. The smallest absolute Gasteiger partial charge is 0.311 e. The number of benzene rings is 1. The standard InChI is InChI=1S/C27H38N2O3/c1-18-7-6-12-26(2)15-22-23(24-27(18,26)32-24)21(25(30)31-22)16-28-20-10-13-29(14-11-20)17-19-8-4-3-5-9-19/h3-5,8-9,18,20-24,28H,6-7,10-17H2,1-2H3/t18-,21+,22+,23+,24+,26+,27-/m0/s1. The Morgan fingerprint density at radius 2 is 1.94 bits per heavy atom. The van der Waals surface area contributed by atoms with Crippen LogP contribution < -0.4 is 5.32 Å². The molecule has 0 unspecified atom stereocenters. The fourth-order valence-corrected chi connectivity index (χ4v) is 7.90. The van der Waals surface area contributed by atoms with E-state index >= 15 is 0 Å².